The van der Waals surface area contributed by atoms with Crippen LogP contribution in [-0.4, -0.2) is 51.7 Å². The number of likely N-dealkylation sites (N-methyl/N-ethyl adjacent to an activating group) is 1. The Morgan fingerprint density at radius 1 is 1.20 bits per heavy atom. The van der Waals surface area contributed by atoms with Crippen molar-refractivity contribution in [3.05, 3.63) is 71.2 Å². The molecule has 130 valence electrons. The van der Waals surface area contributed by atoms with Crippen molar-refractivity contribution in [2.24, 2.45) is 0 Å². The molecular weight excluding hydrogens is 312 g/mol. The van der Waals surface area contributed by atoms with Gasteiger partial charge in [0, 0.05) is 45.1 Å². The molecule has 0 saturated carbocycles. The van der Waals surface area contributed by atoms with Crippen molar-refractivity contribution in [3.63, 3.8) is 0 Å². The number of piperazine rings is 1. The van der Waals surface area contributed by atoms with E-state index in [1.165, 1.54) is 11.3 Å². The molecule has 1 aromatic heterocycles. The van der Waals surface area contributed by atoms with Crippen molar-refractivity contribution in [2.75, 3.05) is 26.7 Å². The van der Waals surface area contributed by atoms with E-state index in [0.29, 0.717) is 5.75 Å². The summed E-state index contributed by atoms with van der Waals surface area (Å²) >= 11 is 0. The standard InChI is InChI=1S/C20H24N4O/c1-15-5-4-8-21-20(15)19-12-17-14-23(9-10-24(17)22(19)2)13-16-6-3-7-18(25)11-16/h3-8,11-12,19,25H,9-10,13-14H2,1-2H3. The Labute approximate surface area is 148 Å². The van der Waals surface area contributed by atoms with Gasteiger partial charge in [0.1, 0.15) is 5.75 Å². The maximum atomic E-state index is 9.66. The fourth-order valence-corrected chi connectivity index (χ4v) is 3.82. The van der Waals surface area contributed by atoms with Gasteiger partial charge in [-0.2, -0.15) is 0 Å². The monoisotopic (exact) mass is 336 g/mol. The molecule has 2 aliphatic rings. The highest BCUT2D eigenvalue weighted by Crippen LogP contribution is 2.34. The summed E-state index contributed by atoms with van der Waals surface area (Å²) in [6.07, 6.45) is 4.21. The Morgan fingerprint density at radius 3 is 2.88 bits per heavy atom. The summed E-state index contributed by atoms with van der Waals surface area (Å²) in [5.74, 6) is 0.335. The first-order chi connectivity index (χ1) is 12.1. The van der Waals surface area contributed by atoms with Crippen LogP contribution in [0.25, 0.3) is 0 Å². The summed E-state index contributed by atoms with van der Waals surface area (Å²) in [6.45, 7) is 5.88. The lowest BCUT2D eigenvalue weighted by Crippen LogP contribution is -2.47. The first kappa shape index (κ1) is 16.1. The van der Waals surface area contributed by atoms with Gasteiger partial charge in [-0.15, -0.1) is 0 Å². The molecule has 1 saturated heterocycles. The Bertz CT molecular complexity index is 804. The molecule has 2 aliphatic heterocycles. The van der Waals surface area contributed by atoms with E-state index in [4.69, 9.17) is 0 Å². The van der Waals surface area contributed by atoms with E-state index < -0.39 is 0 Å². The van der Waals surface area contributed by atoms with E-state index in [1.807, 2.05) is 24.4 Å². The van der Waals surface area contributed by atoms with Gasteiger partial charge in [-0.3, -0.25) is 9.88 Å². The number of rotatable bonds is 3. The van der Waals surface area contributed by atoms with Gasteiger partial charge in [0.15, 0.2) is 0 Å². The van der Waals surface area contributed by atoms with Gasteiger partial charge in [-0.25, -0.2) is 5.01 Å². The van der Waals surface area contributed by atoms with Crippen molar-refractivity contribution in [2.45, 2.75) is 19.5 Å². The van der Waals surface area contributed by atoms with Gasteiger partial charge in [-0.1, -0.05) is 18.2 Å². The number of nitrogens with zero attached hydrogens (tertiary/aromatic N) is 4. The summed E-state index contributed by atoms with van der Waals surface area (Å²) in [4.78, 5) is 7.04. The van der Waals surface area contributed by atoms with Crippen LogP contribution in [0.5, 0.6) is 5.75 Å². The molecule has 1 atom stereocenters. The van der Waals surface area contributed by atoms with Crippen LogP contribution in [0.4, 0.5) is 0 Å². The largest absolute Gasteiger partial charge is 0.508 e. The second-order valence-electron chi connectivity index (χ2n) is 6.89. The highest BCUT2D eigenvalue weighted by molar-refractivity contribution is 5.30. The quantitative estimate of drug-likeness (QED) is 0.933. The van der Waals surface area contributed by atoms with Crippen molar-refractivity contribution in [1.29, 1.82) is 0 Å². The van der Waals surface area contributed by atoms with Crippen molar-refractivity contribution in [1.82, 2.24) is 19.9 Å². The molecule has 0 spiro atoms. The zero-order valence-corrected chi connectivity index (χ0v) is 14.8. The van der Waals surface area contributed by atoms with Crippen LogP contribution in [0, 0.1) is 6.92 Å². The molecule has 3 heterocycles. The van der Waals surface area contributed by atoms with Crippen LogP contribution < -0.4 is 0 Å². The third-order valence-electron chi connectivity index (χ3n) is 5.13. The van der Waals surface area contributed by atoms with E-state index in [9.17, 15) is 5.11 Å². The van der Waals surface area contributed by atoms with Gasteiger partial charge < -0.3 is 10.1 Å². The number of phenols is 1. The minimum absolute atomic E-state index is 0.205. The third kappa shape index (κ3) is 3.13. The van der Waals surface area contributed by atoms with Crippen LogP contribution in [0.15, 0.2) is 54.4 Å². The summed E-state index contributed by atoms with van der Waals surface area (Å²) < 4.78 is 0. The van der Waals surface area contributed by atoms with Gasteiger partial charge in [0.2, 0.25) is 0 Å². The molecule has 1 fully saturated rings. The average Bonchev–Trinajstić information content (AvgIpc) is 2.91. The molecule has 1 unspecified atom stereocenters. The van der Waals surface area contributed by atoms with Crippen LogP contribution in [-0.2, 0) is 6.54 Å². The number of aryl methyl sites for hydroxylation is 1. The lowest BCUT2D eigenvalue weighted by molar-refractivity contribution is -0.00127. The predicted molar refractivity (Wildman–Crippen MR) is 97.7 cm³/mol. The zero-order valence-electron chi connectivity index (χ0n) is 14.8. The van der Waals surface area contributed by atoms with Crippen molar-refractivity contribution in [3.8, 4) is 5.75 Å². The fraction of sp³-hybridized carbons (Fsp3) is 0.350. The predicted octanol–water partition coefficient (Wildman–Crippen LogP) is 2.70. The Balaban J connectivity index is 1.52. The minimum Gasteiger partial charge on any atom is -0.508 e. The highest BCUT2D eigenvalue weighted by atomic mass is 16.3. The average molecular weight is 336 g/mol. The van der Waals surface area contributed by atoms with Crippen molar-refractivity contribution < 1.29 is 5.11 Å². The molecule has 5 heteroatoms. The number of aromatic hydroxyl groups is 1. The Hall–Kier alpha value is -2.37. The number of pyridine rings is 1. The number of fused-ring (bicyclic) bond motifs is 1. The van der Waals surface area contributed by atoms with Crippen LogP contribution in [0.3, 0.4) is 0 Å². The molecule has 0 bridgehead atoms. The van der Waals surface area contributed by atoms with Crippen LogP contribution in [0.2, 0.25) is 0 Å². The summed E-state index contributed by atoms with van der Waals surface area (Å²) in [6, 6.07) is 11.9. The minimum atomic E-state index is 0.205. The van der Waals surface area contributed by atoms with Crippen LogP contribution in [0.1, 0.15) is 22.9 Å². The number of hydrogen-bond donors (Lipinski definition) is 1. The first-order valence-electron chi connectivity index (χ1n) is 8.74. The number of hydrogen-bond acceptors (Lipinski definition) is 5. The van der Waals surface area contributed by atoms with E-state index in [1.54, 1.807) is 6.07 Å². The molecule has 4 rings (SSSR count). The molecule has 0 aliphatic carbocycles. The van der Waals surface area contributed by atoms with Gasteiger partial charge in [-0.05, 0) is 42.3 Å². The molecule has 25 heavy (non-hydrogen) atoms. The molecule has 0 radical (unpaired) electrons. The topological polar surface area (TPSA) is 42.8 Å². The van der Waals surface area contributed by atoms with Gasteiger partial charge in [0.05, 0.1) is 11.7 Å². The van der Waals surface area contributed by atoms with E-state index >= 15 is 0 Å². The lowest BCUT2D eigenvalue weighted by Gasteiger charge is -2.39. The van der Waals surface area contributed by atoms with Crippen LogP contribution >= 0.6 is 0 Å². The van der Waals surface area contributed by atoms with Gasteiger partial charge in [0.25, 0.3) is 0 Å². The highest BCUT2D eigenvalue weighted by Gasteiger charge is 2.34. The SMILES string of the molecule is Cc1cccnc1C1C=C2CN(Cc3cccc(O)c3)CCN2N1C. The number of hydrazine groups is 1. The lowest BCUT2D eigenvalue weighted by atomic mass is 10.1. The normalized spacial score (nSPS) is 21.3. The molecular formula is C20H24N4O. The molecule has 0 amide bonds. The molecule has 1 N–H and O–H groups in total. The first-order valence-corrected chi connectivity index (χ1v) is 8.74. The fourth-order valence-electron chi connectivity index (χ4n) is 3.82. The summed E-state index contributed by atoms with van der Waals surface area (Å²) in [7, 11) is 2.15. The number of benzene rings is 1. The number of aromatic nitrogens is 1. The third-order valence-corrected chi connectivity index (χ3v) is 5.13. The number of phenolic OH excluding ortho intramolecular Hbond substituents is 1. The maximum Gasteiger partial charge on any atom is 0.115 e. The second-order valence-corrected chi connectivity index (χ2v) is 6.89. The van der Waals surface area contributed by atoms with E-state index in [-0.39, 0.29) is 6.04 Å². The van der Waals surface area contributed by atoms with Gasteiger partial charge >= 0.3 is 0 Å². The summed E-state index contributed by atoms with van der Waals surface area (Å²) in [5.41, 5.74) is 4.85. The van der Waals surface area contributed by atoms with E-state index in [2.05, 4.69) is 52.1 Å². The summed E-state index contributed by atoms with van der Waals surface area (Å²) in [5, 5.41) is 14.3. The second kappa shape index (κ2) is 6.50. The maximum absolute atomic E-state index is 9.66. The Morgan fingerprint density at radius 2 is 2.08 bits per heavy atom. The Kier molecular flexibility index (Phi) is 4.19. The zero-order chi connectivity index (χ0) is 17.4. The molecule has 5 nitrogen and oxygen atoms in total. The molecule has 2 aromatic rings. The van der Waals surface area contributed by atoms with E-state index in [0.717, 1.165) is 37.4 Å². The van der Waals surface area contributed by atoms with Crippen molar-refractivity contribution >= 4 is 0 Å². The smallest absolute Gasteiger partial charge is 0.115 e. The molecule has 1 aromatic carbocycles.